The Morgan fingerprint density at radius 3 is 2.48 bits per heavy atom. The van der Waals surface area contributed by atoms with Crippen LogP contribution in [0.25, 0.3) is 0 Å². The van der Waals surface area contributed by atoms with Crippen molar-refractivity contribution in [3.8, 4) is 0 Å². The highest BCUT2D eigenvalue weighted by Gasteiger charge is 2.36. The fourth-order valence-corrected chi connectivity index (χ4v) is 6.74. The van der Waals surface area contributed by atoms with Crippen molar-refractivity contribution in [3.05, 3.63) is 41.7 Å². The molecule has 31 heavy (non-hydrogen) atoms. The number of aromatic amines is 1. The van der Waals surface area contributed by atoms with Gasteiger partial charge in [0.1, 0.15) is 5.69 Å². The third-order valence-electron chi connectivity index (χ3n) is 5.15. The first kappa shape index (κ1) is 24.4. The molecule has 0 amide bonds. The minimum absolute atomic E-state index is 0.0496. The molecule has 6 nitrogen and oxygen atoms in total. The van der Waals surface area contributed by atoms with Gasteiger partial charge in [0, 0.05) is 23.0 Å². The van der Waals surface area contributed by atoms with Gasteiger partial charge >= 0.3 is 6.18 Å². The molecule has 0 saturated carbocycles. The zero-order valence-corrected chi connectivity index (χ0v) is 19.4. The van der Waals surface area contributed by atoms with Crippen molar-refractivity contribution < 1.29 is 21.6 Å². The minimum atomic E-state index is -4.51. The highest BCUT2D eigenvalue weighted by atomic mass is 33.1. The normalized spacial score (nSPS) is 16.2. The molecule has 0 radical (unpaired) electrons. The van der Waals surface area contributed by atoms with E-state index in [0.717, 1.165) is 11.1 Å². The molecule has 0 atom stereocenters. The van der Waals surface area contributed by atoms with E-state index in [1.807, 2.05) is 11.4 Å². The van der Waals surface area contributed by atoms with Crippen LogP contribution in [0.4, 0.5) is 13.2 Å². The van der Waals surface area contributed by atoms with Gasteiger partial charge in [0.2, 0.25) is 10.0 Å². The fourth-order valence-electron chi connectivity index (χ4n) is 3.66. The topological polar surface area (TPSA) is 78.1 Å². The van der Waals surface area contributed by atoms with Crippen molar-refractivity contribution in [3.63, 3.8) is 0 Å². The van der Waals surface area contributed by atoms with Crippen molar-refractivity contribution in [1.82, 2.24) is 19.8 Å². The smallest absolute Gasteiger partial charge is 0.317 e. The summed E-state index contributed by atoms with van der Waals surface area (Å²) in [5.41, 5.74) is -0.820. The maximum Gasteiger partial charge on any atom is 0.433 e. The van der Waals surface area contributed by atoms with Crippen LogP contribution in [0.15, 0.2) is 40.3 Å². The lowest BCUT2D eigenvalue weighted by atomic mass is 10.1. The third kappa shape index (κ3) is 6.19. The first-order valence-corrected chi connectivity index (χ1v) is 13.9. The van der Waals surface area contributed by atoms with Crippen LogP contribution in [0.5, 0.6) is 0 Å². The monoisotopic (exact) mass is 494 g/mol. The van der Waals surface area contributed by atoms with E-state index in [1.54, 1.807) is 45.9 Å². The summed E-state index contributed by atoms with van der Waals surface area (Å²) in [7, 11) is -0.650. The summed E-state index contributed by atoms with van der Waals surface area (Å²) in [6.45, 7) is 1.57. The second-order valence-corrected chi connectivity index (χ2v) is 11.6. The Bertz CT molecular complexity index is 943. The average molecular weight is 495 g/mol. The van der Waals surface area contributed by atoms with Gasteiger partial charge in [-0.15, -0.1) is 0 Å². The van der Waals surface area contributed by atoms with Crippen LogP contribution >= 0.6 is 21.6 Å². The van der Waals surface area contributed by atoms with Gasteiger partial charge in [0.15, 0.2) is 0 Å². The summed E-state index contributed by atoms with van der Waals surface area (Å²) in [6.07, 6.45) is 0.284. The molecule has 2 N–H and O–H groups in total. The van der Waals surface area contributed by atoms with E-state index in [0.29, 0.717) is 25.9 Å². The summed E-state index contributed by atoms with van der Waals surface area (Å²) < 4.78 is 67.5. The van der Waals surface area contributed by atoms with Crippen LogP contribution in [-0.4, -0.2) is 54.9 Å². The zero-order chi connectivity index (χ0) is 22.5. The van der Waals surface area contributed by atoms with E-state index in [-0.39, 0.29) is 35.9 Å². The number of H-pyrrole nitrogens is 1. The van der Waals surface area contributed by atoms with Gasteiger partial charge < -0.3 is 5.32 Å². The maximum absolute atomic E-state index is 13.4. The number of benzene rings is 1. The summed E-state index contributed by atoms with van der Waals surface area (Å²) in [4.78, 5) is 1.16. The number of sulfonamides is 1. The van der Waals surface area contributed by atoms with E-state index in [9.17, 15) is 21.6 Å². The van der Waals surface area contributed by atoms with Gasteiger partial charge in [0.05, 0.1) is 11.1 Å². The number of alkyl halides is 3. The molecule has 0 aliphatic carbocycles. The predicted molar refractivity (Wildman–Crippen MR) is 118 cm³/mol. The molecule has 1 fully saturated rings. The molecule has 12 heteroatoms. The Balaban J connectivity index is 1.77. The van der Waals surface area contributed by atoms with Crippen LogP contribution in [0.3, 0.4) is 0 Å². The first-order chi connectivity index (χ1) is 14.7. The van der Waals surface area contributed by atoms with Crippen LogP contribution in [0.1, 0.15) is 30.5 Å². The van der Waals surface area contributed by atoms with Crippen LogP contribution in [-0.2, 0) is 22.6 Å². The molecule has 0 bridgehead atoms. The third-order valence-corrected chi connectivity index (χ3v) is 8.83. The molecule has 2 heterocycles. The van der Waals surface area contributed by atoms with Gasteiger partial charge in [-0.05, 0) is 69.3 Å². The molecular weight excluding hydrogens is 469 g/mol. The Hall–Kier alpha value is -1.21. The lowest BCUT2D eigenvalue weighted by Crippen LogP contribution is -2.46. The zero-order valence-electron chi connectivity index (χ0n) is 17.0. The number of hydrogen-bond acceptors (Lipinski definition) is 6. The number of rotatable bonds is 9. The quantitative estimate of drug-likeness (QED) is 0.510. The molecule has 1 saturated heterocycles. The van der Waals surface area contributed by atoms with Crippen LogP contribution in [0, 0.1) is 0 Å². The Kier molecular flexibility index (Phi) is 8.36. The van der Waals surface area contributed by atoms with Crippen molar-refractivity contribution >= 4 is 31.6 Å². The second-order valence-electron chi connectivity index (χ2n) is 7.19. The van der Waals surface area contributed by atoms with Crippen LogP contribution in [0.2, 0.25) is 0 Å². The van der Waals surface area contributed by atoms with Gasteiger partial charge in [-0.25, -0.2) is 8.42 Å². The largest absolute Gasteiger partial charge is 0.433 e. The number of hydrogen-bond donors (Lipinski definition) is 2. The van der Waals surface area contributed by atoms with E-state index >= 15 is 0 Å². The lowest BCUT2D eigenvalue weighted by Gasteiger charge is -2.34. The molecule has 3 rings (SSSR count). The molecule has 172 valence electrons. The number of piperidine rings is 1. The fraction of sp³-hybridized carbons (Fsp3) is 0.526. The lowest BCUT2D eigenvalue weighted by molar-refractivity contribution is -0.141. The summed E-state index contributed by atoms with van der Waals surface area (Å²) >= 11 is 0. The van der Waals surface area contributed by atoms with Gasteiger partial charge in [0.25, 0.3) is 0 Å². The molecule has 2 aromatic rings. The van der Waals surface area contributed by atoms with Crippen molar-refractivity contribution in [1.29, 1.82) is 0 Å². The van der Waals surface area contributed by atoms with E-state index in [2.05, 4.69) is 10.4 Å². The highest BCUT2D eigenvalue weighted by Crippen LogP contribution is 2.32. The Labute approximate surface area is 188 Å². The Morgan fingerprint density at radius 1 is 1.19 bits per heavy atom. The highest BCUT2D eigenvalue weighted by molar-refractivity contribution is 8.76. The number of halogens is 3. The molecular formula is C19H25F3N4O2S3. The minimum Gasteiger partial charge on any atom is -0.317 e. The van der Waals surface area contributed by atoms with E-state index in [4.69, 9.17) is 0 Å². The SMILES string of the molecule is CSSc1ccc(S(=O)(=O)N(CCCc2cn[nH]c2C(F)(F)F)C2CCNCC2)cc1. The van der Waals surface area contributed by atoms with Crippen molar-refractivity contribution in [2.24, 2.45) is 0 Å². The number of aromatic nitrogens is 2. The number of nitrogens with zero attached hydrogens (tertiary/aromatic N) is 2. The van der Waals surface area contributed by atoms with Crippen LogP contribution < -0.4 is 5.32 Å². The summed E-state index contributed by atoms with van der Waals surface area (Å²) in [5.74, 6) is 0. The molecule has 0 spiro atoms. The van der Waals surface area contributed by atoms with Gasteiger partial charge in [-0.1, -0.05) is 21.6 Å². The van der Waals surface area contributed by atoms with Crippen molar-refractivity contribution in [2.75, 3.05) is 25.9 Å². The first-order valence-electron chi connectivity index (χ1n) is 9.86. The van der Waals surface area contributed by atoms with E-state index in [1.165, 1.54) is 4.31 Å². The van der Waals surface area contributed by atoms with Crippen molar-refractivity contribution in [2.45, 2.75) is 47.7 Å². The standard InChI is InChI=1S/C19H25F3N4O2S3/c1-29-30-16-4-6-17(7-5-16)31(27,28)26(15-8-10-23-11-9-15)12-2-3-14-13-24-25-18(14)19(20,21)22/h4-7,13,15,23H,2-3,8-12H2,1H3,(H,24,25). The number of nitrogens with one attached hydrogen (secondary N) is 2. The molecule has 1 aliphatic heterocycles. The maximum atomic E-state index is 13.4. The Morgan fingerprint density at radius 2 is 1.87 bits per heavy atom. The number of aryl methyl sites for hydroxylation is 1. The van der Waals surface area contributed by atoms with E-state index < -0.39 is 21.9 Å². The molecule has 1 aromatic heterocycles. The van der Waals surface area contributed by atoms with Gasteiger partial charge in [-0.3, -0.25) is 5.10 Å². The molecule has 0 unspecified atom stereocenters. The average Bonchev–Trinajstić information content (AvgIpc) is 3.21. The second kappa shape index (κ2) is 10.6. The summed E-state index contributed by atoms with van der Waals surface area (Å²) in [5, 5.41) is 8.73. The summed E-state index contributed by atoms with van der Waals surface area (Å²) in [6, 6.07) is 6.56. The molecule has 1 aliphatic rings. The predicted octanol–water partition coefficient (Wildman–Crippen LogP) is 4.17. The van der Waals surface area contributed by atoms with Gasteiger partial charge in [-0.2, -0.15) is 22.6 Å². The molecule has 1 aromatic carbocycles.